The number of benzene rings is 1. The number of aliphatic hydroxyl groups is 1. The second-order valence-corrected chi connectivity index (χ2v) is 6.22. The van der Waals surface area contributed by atoms with Crippen LogP contribution in [0.5, 0.6) is 0 Å². The van der Waals surface area contributed by atoms with Crippen molar-refractivity contribution in [3.8, 4) is 0 Å². The van der Waals surface area contributed by atoms with Gasteiger partial charge in [0.15, 0.2) is 0 Å². The lowest BCUT2D eigenvalue weighted by Gasteiger charge is -2.11. The van der Waals surface area contributed by atoms with Crippen molar-refractivity contribution in [1.82, 2.24) is 9.97 Å². The molecule has 2 heterocycles. The van der Waals surface area contributed by atoms with E-state index in [1.807, 2.05) is 51.1 Å². The third kappa shape index (κ3) is 2.32. The van der Waals surface area contributed by atoms with E-state index in [9.17, 15) is 5.11 Å². The highest BCUT2D eigenvalue weighted by molar-refractivity contribution is 7.11. The monoisotopic (exact) mass is 284 g/mol. The Morgan fingerprint density at radius 2 is 1.85 bits per heavy atom. The average molecular weight is 284 g/mol. The molecule has 4 heteroatoms. The van der Waals surface area contributed by atoms with E-state index in [2.05, 4.69) is 9.97 Å². The van der Waals surface area contributed by atoms with Gasteiger partial charge in [-0.05, 0) is 44.5 Å². The SMILES string of the molecule is Cc1ccc2cc(C(O)c3sc(C)nc3C)ccc2n1. The summed E-state index contributed by atoms with van der Waals surface area (Å²) < 4.78 is 0. The Balaban J connectivity index is 2.05. The molecular weight excluding hydrogens is 268 g/mol. The fourth-order valence-electron chi connectivity index (χ4n) is 2.37. The molecule has 0 spiro atoms. The molecule has 3 aromatic rings. The summed E-state index contributed by atoms with van der Waals surface area (Å²) in [4.78, 5) is 9.78. The second-order valence-electron chi connectivity index (χ2n) is 4.99. The molecule has 2 aromatic heterocycles. The summed E-state index contributed by atoms with van der Waals surface area (Å²) in [6.45, 7) is 5.88. The molecule has 0 saturated carbocycles. The number of aliphatic hydroxyl groups excluding tert-OH is 1. The molecule has 1 unspecified atom stereocenters. The summed E-state index contributed by atoms with van der Waals surface area (Å²) in [6.07, 6.45) is -0.619. The van der Waals surface area contributed by atoms with E-state index in [0.717, 1.165) is 37.7 Å². The van der Waals surface area contributed by atoms with Gasteiger partial charge in [0.2, 0.25) is 0 Å². The lowest BCUT2D eigenvalue weighted by atomic mass is 10.0. The lowest BCUT2D eigenvalue weighted by Crippen LogP contribution is -1.99. The molecule has 0 amide bonds. The molecule has 1 aromatic carbocycles. The number of nitrogens with zero attached hydrogens (tertiary/aromatic N) is 2. The Kier molecular flexibility index (Phi) is 3.28. The van der Waals surface area contributed by atoms with Gasteiger partial charge in [-0.2, -0.15) is 0 Å². The maximum absolute atomic E-state index is 10.6. The van der Waals surface area contributed by atoms with E-state index in [-0.39, 0.29) is 0 Å². The Morgan fingerprint density at radius 1 is 1.05 bits per heavy atom. The molecule has 0 aliphatic rings. The van der Waals surface area contributed by atoms with Gasteiger partial charge in [-0.1, -0.05) is 12.1 Å². The Bertz CT molecular complexity index is 779. The predicted octanol–water partition coefficient (Wildman–Crippen LogP) is 3.70. The van der Waals surface area contributed by atoms with Gasteiger partial charge in [0.05, 0.1) is 21.1 Å². The number of hydrogen-bond donors (Lipinski definition) is 1. The minimum atomic E-state index is -0.619. The topological polar surface area (TPSA) is 46.0 Å². The molecule has 0 aliphatic carbocycles. The van der Waals surface area contributed by atoms with Crippen LogP contribution in [0.3, 0.4) is 0 Å². The van der Waals surface area contributed by atoms with Crippen LogP contribution in [0.4, 0.5) is 0 Å². The first-order chi connectivity index (χ1) is 9.54. The Morgan fingerprint density at radius 3 is 2.55 bits per heavy atom. The van der Waals surface area contributed by atoms with Crippen LogP contribution in [0.15, 0.2) is 30.3 Å². The zero-order chi connectivity index (χ0) is 14.3. The zero-order valence-electron chi connectivity index (χ0n) is 11.7. The standard InChI is InChI=1S/C16H16N2OS/c1-9-4-5-12-8-13(6-7-14(12)17-9)15(19)16-10(2)18-11(3)20-16/h4-8,15,19H,1-3H3. The van der Waals surface area contributed by atoms with Gasteiger partial charge < -0.3 is 5.11 Å². The third-order valence-electron chi connectivity index (χ3n) is 3.36. The normalized spacial score (nSPS) is 12.8. The van der Waals surface area contributed by atoms with Crippen molar-refractivity contribution in [3.63, 3.8) is 0 Å². The molecule has 3 nitrogen and oxygen atoms in total. The van der Waals surface area contributed by atoms with E-state index in [4.69, 9.17) is 0 Å². The van der Waals surface area contributed by atoms with Gasteiger partial charge in [-0.25, -0.2) is 4.98 Å². The van der Waals surface area contributed by atoms with Crippen molar-refractivity contribution in [2.45, 2.75) is 26.9 Å². The first-order valence-corrected chi connectivity index (χ1v) is 7.35. The number of pyridine rings is 1. The maximum atomic E-state index is 10.6. The summed E-state index contributed by atoms with van der Waals surface area (Å²) in [6, 6.07) is 9.93. The largest absolute Gasteiger partial charge is 0.383 e. The number of hydrogen-bond acceptors (Lipinski definition) is 4. The summed E-state index contributed by atoms with van der Waals surface area (Å²) in [5.41, 5.74) is 3.75. The molecule has 3 rings (SSSR count). The first kappa shape index (κ1) is 13.2. The number of fused-ring (bicyclic) bond motifs is 1. The smallest absolute Gasteiger partial charge is 0.115 e. The summed E-state index contributed by atoms with van der Waals surface area (Å²) in [5.74, 6) is 0. The number of aromatic nitrogens is 2. The first-order valence-electron chi connectivity index (χ1n) is 6.54. The zero-order valence-corrected chi connectivity index (χ0v) is 12.5. The van der Waals surface area contributed by atoms with Crippen LogP contribution in [-0.2, 0) is 0 Å². The van der Waals surface area contributed by atoms with E-state index >= 15 is 0 Å². The van der Waals surface area contributed by atoms with Crippen molar-refractivity contribution < 1.29 is 5.11 Å². The van der Waals surface area contributed by atoms with Gasteiger partial charge in [0.1, 0.15) is 6.10 Å². The quantitative estimate of drug-likeness (QED) is 0.780. The van der Waals surface area contributed by atoms with Crippen LogP contribution < -0.4 is 0 Å². The molecule has 1 N–H and O–H groups in total. The minimum Gasteiger partial charge on any atom is -0.383 e. The maximum Gasteiger partial charge on any atom is 0.115 e. The lowest BCUT2D eigenvalue weighted by molar-refractivity contribution is 0.223. The molecule has 0 bridgehead atoms. The number of aryl methyl sites for hydroxylation is 3. The highest BCUT2D eigenvalue weighted by Crippen LogP contribution is 2.31. The van der Waals surface area contributed by atoms with Crippen molar-refractivity contribution in [1.29, 1.82) is 0 Å². The van der Waals surface area contributed by atoms with Crippen LogP contribution in [0.2, 0.25) is 0 Å². The van der Waals surface area contributed by atoms with Crippen molar-refractivity contribution in [2.75, 3.05) is 0 Å². The van der Waals surface area contributed by atoms with Crippen LogP contribution >= 0.6 is 11.3 Å². The third-order valence-corrected chi connectivity index (χ3v) is 4.48. The molecular formula is C16H16N2OS. The van der Waals surface area contributed by atoms with Gasteiger partial charge in [0.25, 0.3) is 0 Å². The van der Waals surface area contributed by atoms with E-state index in [1.54, 1.807) is 11.3 Å². The van der Waals surface area contributed by atoms with Crippen molar-refractivity contribution in [2.24, 2.45) is 0 Å². The minimum absolute atomic E-state index is 0.619. The molecule has 20 heavy (non-hydrogen) atoms. The summed E-state index contributed by atoms with van der Waals surface area (Å²) >= 11 is 1.55. The van der Waals surface area contributed by atoms with Crippen molar-refractivity contribution >= 4 is 22.2 Å². The van der Waals surface area contributed by atoms with Crippen molar-refractivity contribution in [3.05, 3.63) is 57.2 Å². The van der Waals surface area contributed by atoms with Crippen LogP contribution in [0.1, 0.15) is 32.9 Å². The molecule has 102 valence electrons. The van der Waals surface area contributed by atoms with Gasteiger partial charge in [0, 0.05) is 11.1 Å². The molecule has 0 aliphatic heterocycles. The van der Waals surface area contributed by atoms with Crippen LogP contribution in [0.25, 0.3) is 10.9 Å². The van der Waals surface area contributed by atoms with Crippen LogP contribution in [0, 0.1) is 20.8 Å². The fraction of sp³-hybridized carbons (Fsp3) is 0.250. The summed E-state index contributed by atoms with van der Waals surface area (Å²) in [5, 5.41) is 12.6. The van der Waals surface area contributed by atoms with Gasteiger partial charge in [-0.15, -0.1) is 11.3 Å². The van der Waals surface area contributed by atoms with Gasteiger partial charge >= 0.3 is 0 Å². The highest BCUT2D eigenvalue weighted by Gasteiger charge is 2.17. The fourth-order valence-corrected chi connectivity index (χ4v) is 3.31. The highest BCUT2D eigenvalue weighted by atomic mass is 32.1. The molecule has 1 atom stereocenters. The predicted molar refractivity (Wildman–Crippen MR) is 82.1 cm³/mol. The van der Waals surface area contributed by atoms with Crippen LogP contribution in [-0.4, -0.2) is 15.1 Å². The summed E-state index contributed by atoms with van der Waals surface area (Å²) in [7, 11) is 0. The van der Waals surface area contributed by atoms with E-state index in [0.29, 0.717) is 0 Å². The van der Waals surface area contributed by atoms with E-state index < -0.39 is 6.10 Å². The Hall–Kier alpha value is -1.78. The Labute approximate surface area is 122 Å². The van der Waals surface area contributed by atoms with E-state index in [1.165, 1.54) is 0 Å². The average Bonchev–Trinajstić information content (AvgIpc) is 2.76. The molecule has 0 saturated heterocycles. The number of thiazole rings is 1. The molecule has 0 radical (unpaired) electrons. The number of rotatable bonds is 2. The second kappa shape index (κ2) is 4.96. The van der Waals surface area contributed by atoms with Gasteiger partial charge in [-0.3, -0.25) is 4.98 Å². The molecule has 0 fully saturated rings.